The molecule has 2 fully saturated rings. The average molecular weight is 485 g/mol. The second-order valence-electron chi connectivity index (χ2n) is 7.44. The monoisotopic (exact) mass is 485 g/mol. The Hall–Kier alpha value is -3.39. The van der Waals surface area contributed by atoms with Crippen LogP contribution >= 0.6 is 0 Å². The predicted octanol–water partition coefficient (Wildman–Crippen LogP) is 2.36. The van der Waals surface area contributed by atoms with Crippen LogP contribution in [0.3, 0.4) is 0 Å². The lowest BCUT2D eigenvalue weighted by atomic mass is 10.2. The van der Waals surface area contributed by atoms with E-state index in [4.69, 9.17) is 0 Å². The molecule has 1 aromatic carbocycles. The first kappa shape index (κ1) is 22.8. The number of urea groups is 1. The summed E-state index contributed by atoms with van der Waals surface area (Å²) in [5.74, 6) is -0.916. The largest absolute Gasteiger partial charge is 0.573 e. The third kappa shape index (κ3) is 4.57. The summed E-state index contributed by atoms with van der Waals surface area (Å²) in [4.78, 5) is 32.4. The van der Waals surface area contributed by atoms with Crippen LogP contribution in [0, 0.1) is 0 Å². The number of carbonyl (C=O) groups is 2. The van der Waals surface area contributed by atoms with Gasteiger partial charge in [-0.3, -0.25) is 9.52 Å². The number of rotatable bonds is 7. The number of alkyl halides is 3. The molecule has 33 heavy (non-hydrogen) atoms. The first-order chi connectivity index (χ1) is 15.4. The number of nitrogens with zero attached hydrogens (tertiary/aromatic N) is 3. The van der Waals surface area contributed by atoms with E-state index in [1.165, 1.54) is 36.3 Å². The lowest BCUT2D eigenvalue weighted by Crippen LogP contribution is -2.36. The molecule has 1 aliphatic heterocycles. The average Bonchev–Trinajstić information content (AvgIpc) is 3.51. The zero-order chi connectivity index (χ0) is 24.0. The molecule has 1 saturated carbocycles. The smallest absolute Gasteiger partial charge is 0.406 e. The highest BCUT2D eigenvalue weighted by molar-refractivity contribution is 7.90. The van der Waals surface area contributed by atoms with E-state index in [2.05, 4.69) is 19.2 Å². The van der Waals surface area contributed by atoms with E-state index in [1.807, 2.05) is 0 Å². The summed E-state index contributed by atoms with van der Waals surface area (Å²) in [7, 11) is -2.56. The molecule has 2 N–H and O–H groups in total. The molecule has 1 spiro atoms. The molecular formula is C19H18F3N5O5S. The number of imide groups is 1. The Bertz CT molecular complexity index is 1200. The molecule has 0 bridgehead atoms. The Morgan fingerprint density at radius 1 is 1.15 bits per heavy atom. The topological polar surface area (TPSA) is 121 Å². The van der Waals surface area contributed by atoms with Crippen LogP contribution < -0.4 is 19.1 Å². The fourth-order valence-corrected chi connectivity index (χ4v) is 4.05. The summed E-state index contributed by atoms with van der Waals surface area (Å²) < 4.78 is 68.6. The van der Waals surface area contributed by atoms with Gasteiger partial charge >= 0.3 is 12.4 Å². The zero-order valence-electron chi connectivity index (χ0n) is 17.1. The molecule has 1 aliphatic carbocycles. The van der Waals surface area contributed by atoms with E-state index >= 15 is 0 Å². The predicted molar refractivity (Wildman–Crippen MR) is 109 cm³/mol. The quantitative estimate of drug-likeness (QED) is 0.581. The molecule has 0 atom stereocenters. The van der Waals surface area contributed by atoms with Gasteiger partial charge in [-0.15, -0.1) is 13.2 Å². The minimum atomic E-state index is -4.86. The third-order valence-electron chi connectivity index (χ3n) is 5.26. The summed E-state index contributed by atoms with van der Waals surface area (Å²) >= 11 is 0. The highest BCUT2D eigenvalue weighted by atomic mass is 32.2. The van der Waals surface area contributed by atoms with Gasteiger partial charge in [-0.25, -0.2) is 19.4 Å². The van der Waals surface area contributed by atoms with Gasteiger partial charge in [-0.05, 0) is 54.8 Å². The fraction of sp³-hybridized carbons (Fsp3) is 0.316. The number of hydrogen-bond donors (Lipinski definition) is 2. The van der Waals surface area contributed by atoms with Gasteiger partial charge in [0, 0.05) is 19.8 Å². The Labute approximate surface area is 186 Å². The van der Waals surface area contributed by atoms with Crippen LogP contribution in [0.2, 0.25) is 0 Å². The molecule has 3 amide bonds. The maximum atomic E-state index is 13.1. The van der Waals surface area contributed by atoms with Crippen LogP contribution in [0.1, 0.15) is 18.4 Å². The number of nitrogens with one attached hydrogen (secondary N) is 2. The number of halogens is 3. The fourth-order valence-electron chi connectivity index (χ4n) is 3.56. The maximum Gasteiger partial charge on any atom is 0.573 e. The summed E-state index contributed by atoms with van der Waals surface area (Å²) in [6, 6.07) is 6.84. The molecule has 2 aromatic rings. The molecule has 14 heteroatoms. The first-order valence-corrected chi connectivity index (χ1v) is 11.1. The van der Waals surface area contributed by atoms with Crippen LogP contribution in [-0.4, -0.2) is 49.2 Å². The van der Waals surface area contributed by atoms with Crippen LogP contribution in [0.4, 0.5) is 29.5 Å². The van der Waals surface area contributed by atoms with Crippen LogP contribution in [-0.2, 0) is 21.5 Å². The van der Waals surface area contributed by atoms with E-state index in [0.717, 1.165) is 17.0 Å². The molecular weight excluding hydrogens is 467 g/mol. The zero-order valence-corrected chi connectivity index (χ0v) is 17.9. The van der Waals surface area contributed by atoms with Crippen molar-refractivity contribution >= 4 is 33.7 Å². The van der Waals surface area contributed by atoms with Crippen molar-refractivity contribution in [3.8, 4) is 5.75 Å². The SMILES string of the molecule is CNS(=O)(=O)Nc1cc(CN2C(=O)N(c3ccc(OC(F)(F)F)cc3)C(=O)C23CC3)ccn1. The number of pyridine rings is 1. The number of ether oxygens (including phenoxy) is 1. The molecule has 0 unspecified atom stereocenters. The number of anilines is 2. The molecule has 2 aliphatic rings. The molecule has 10 nitrogen and oxygen atoms in total. The summed E-state index contributed by atoms with van der Waals surface area (Å²) in [5, 5.41) is 0. The molecule has 1 saturated heterocycles. The van der Waals surface area contributed by atoms with Crippen molar-refractivity contribution in [2.45, 2.75) is 31.3 Å². The third-order valence-corrected chi connectivity index (χ3v) is 6.28. The Kier molecular flexibility index (Phi) is 5.44. The van der Waals surface area contributed by atoms with Crippen molar-refractivity contribution in [2.24, 2.45) is 0 Å². The van der Waals surface area contributed by atoms with Gasteiger partial charge in [0.2, 0.25) is 0 Å². The molecule has 1 aromatic heterocycles. The van der Waals surface area contributed by atoms with Gasteiger partial charge in [0.15, 0.2) is 0 Å². The summed E-state index contributed by atoms with van der Waals surface area (Å²) in [6.45, 7) is 0.00709. The van der Waals surface area contributed by atoms with Gasteiger partial charge in [0.25, 0.3) is 16.1 Å². The number of amides is 3. The number of hydrogen-bond acceptors (Lipinski definition) is 6. The van der Waals surface area contributed by atoms with Crippen molar-refractivity contribution in [1.29, 1.82) is 0 Å². The number of benzene rings is 1. The molecule has 0 radical (unpaired) electrons. The van der Waals surface area contributed by atoms with Crippen molar-refractivity contribution in [2.75, 3.05) is 16.7 Å². The number of carbonyl (C=O) groups excluding carboxylic acids is 2. The summed E-state index contributed by atoms with van der Waals surface area (Å²) in [6.07, 6.45) is -2.62. The standard InChI is InChI=1S/C19H18F3N5O5S/c1-23-33(30,31)25-15-10-12(6-9-24-15)11-26-17(29)27(16(28)18(26)7-8-18)13-2-4-14(5-3-13)32-19(20,21)22/h2-6,9-10,23H,7-8,11H2,1H3,(H,24,25). The van der Waals surface area contributed by atoms with Crippen molar-refractivity contribution < 1.29 is 35.9 Å². The van der Waals surface area contributed by atoms with E-state index in [0.29, 0.717) is 18.4 Å². The Morgan fingerprint density at radius 3 is 2.39 bits per heavy atom. The van der Waals surface area contributed by atoms with Crippen LogP contribution in [0.5, 0.6) is 5.75 Å². The highest BCUT2D eigenvalue weighted by Gasteiger charge is 2.65. The van der Waals surface area contributed by atoms with Crippen LogP contribution in [0.25, 0.3) is 0 Å². The van der Waals surface area contributed by atoms with E-state index in [9.17, 15) is 31.2 Å². The van der Waals surface area contributed by atoms with Gasteiger partial charge in [-0.1, -0.05) is 0 Å². The van der Waals surface area contributed by atoms with Gasteiger partial charge in [-0.2, -0.15) is 8.42 Å². The lowest BCUT2D eigenvalue weighted by Gasteiger charge is -2.21. The number of aromatic nitrogens is 1. The lowest BCUT2D eigenvalue weighted by molar-refractivity contribution is -0.274. The van der Waals surface area contributed by atoms with Gasteiger partial charge in [0.05, 0.1) is 5.69 Å². The van der Waals surface area contributed by atoms with Crippen molar-refractivity contribution in [1.82, 2.24) is 14.6 Å². The summed E-state index contributed by atoms with van der Waals surface area (Å²) in [5.41, 5.74) is -0.390. The Morgan fingerprint density at radius 2 is 1.82 bits per heavy atom. The van der Waals surface area contributed by atoms with E-state index < -0.39 is 39.8 Å². The van der Waals surface area contributed by atoms with Crippen molar-refractivity contribution in [3.05, 3.63) is 48.2 Å². The first-order valence-electron chi connectivity index (χ1n) is 9.62. The minimum Gasteiger partial charge on any atom is -0.406 e. The van der Waals surface area contributed by atoms with Crippen molar-refractivity contribution in [3.63, 3.8) is 0 Å². The molecule has 176 valence electrons. The van der Waals surface area contributed by atoms with Gasteiger partial charge in [0.1, 0.15) is 17.1 Å². The van der Waals surface area contributed by atoms with E-state index in [-0.39, 0.29) is 18.1 Å². The maximum absolute atomic E-state index is 13.1. The Balaban J connectivity index is 1.56. The molecule has 2 heterocycles. The van der Waals surface area contributed by atoms with Gasteiger partial charge < -0.3 is 9.64 Å². The minimum absolute atomic E-state index is 0.00709. The normalized spacial score (nSPS) is 17.6. The second kappa shape index (κ2) is 7.88. The van der Waals surface area contributed by atoms with E-state index in [1.54, 1.807) is 6.07 Å². The van der Waals surface area contributed by atoms with Crippen LogP contribution in [0.15, 0.2) is 42.6 Å². The second-order valence-corrected chi connectivity index (χ2v) is 9.06. The molecule has 4 rings (SSSR count). The highest BCUT2D eigenvalue weighted by Crippen LogP contribution is 2.49.